The molecule has 0 saturated heterocycles. The monoisotopic (exact) mass is 225 g/mol. The number of carbonyl (C=O) groups is 1. The number of nitrogens with zero attached hydrogens (tertiary/aromatic N) is 1. The van der Waals surface area contributed by atoms with E-state index in [0.717, 1.165) is 11.1 Å². The van der Waals surface area contributed by atoms with Crippen LogP contribution < -0.4 is 0 Å². The van der Waals surface area contributed by atoms with Gasteiger partial charge in [-0.2, -0.15) is 5.06 Å². The molecule has 0 atom stereocenters. The van der Waals surface area contributed by atoms with Crippen molar-refractivity contribution in [2.75, 3.05) is 13.2 Å². The first kappa shape index (κ1) is 12.8. The largest absolute Gasteiger partial charge is 0.442 e. The Labute approximate surface area is 96.5 Å². The van der Waals surface area contributed by atoms with Crippen molar-refractivity contribution in [2.45, 2.75) is 33.3 Å². The van der Waals surface area contributed by atoms with Crippen LogP contribution in [-0.4, -0.2) is 29.9 Å². The molecule has 0 aromatic heterocycles. The van der Waals surface area contributed by atoms with E-state index in [1.54, 1.807) is 0 Å². The third-order valence-corrected chi connectivity index (χ3v) is 2.02. The van der Waals surface area contributed by atoms with Crippen molar-refractivity contribution in [1.82, 2.24) is 5.06 Å². The van der Waals surface area contributed by atoms with Gasteiger partial charge in [-0.05, 0) is 33.3 Å². The van der Waals surface area contributed by atoms with Gasteiger partial charge in [0.15, 0.2) is 0 Å². The second kappa shape index (κ2) is 4.70. The van der Waals surface area contributed by atoms with Crippen LogP contribution in [0.4, 0.5) is 4.79 Å². The molecule has 0 bridgehead atoms. The summed E-state index contributed by atoms with van der Waals surface area (Å²) in [6, 6.07) is 0. The number of rotatable bonds is 1. The quantitative estimate of drug-likeness (QED) is 0.688. The van der Waals surface area contributed by atoms with E-state index < -0.39 is 11.7 Å². The topological polar surface area (TPSA) is 38.8 Å². The van der Waals surface area contributed by atoms with E-state index in [4.69, 9.17) is 9.57 Å². The minimum Gasteiger partial charge on any atom is -0.442 e. The smallest absolute Gasteiger partial charge is 0.434 e. The Morgan fingerprint density at radius 3 is 2.69 bits per heavy atom. The lowest BCUT2D eigenvalue weighted by Crippen LogP contribution is -2.39. The summed E-state index contributed by atoms with van der Waals surface area (Å²) in [5, 5.41) is 1.23. The van der Waals surface area contributed by atoms with E-state index in [-0.39, 0.29) is 0 Å². The zero-order valence-electron chi connectivity index (χ0n) is 10.4. The van der Waals surface area contributed by atoms with Gasteiger partial charge in [-0.3, -0.25) is 4.84 Å². The molecule has 0 spiro atoms. The van der Waals surface area contributed by atoms with E-state index in [9.17, 15) is 4.79 Å². The SMILES string of the molecule is C=C(C)C1=CCON(C(=O)OC(C)(C)C)C1. The fourth-order valence-corrected chi connectivity index (χ4v) is 1.23. The first-order valence-corrected chi connectivity index (χ1v) is 5.28. The molecule has 0 unspecified atom stereocenters. The molecule has 0 aromatic rings. The van der Waals surface area contributed by atoms with Crippen LogP contribution in [0, 0.1) is 0 Å². The standard InChI is InChI=1S/C12H19NO3/c1-9(2)10-6-7-15-13(8-10)11(14)16-12(3,4)5/h6H,1,7-8H2,2-5H3. The van der Waals surface area contributed by atoms with Crippen LogP contribution in [0.1, 0.15) is 27.7 Å². The lowest BCUT2D eigenvalue weighted by atomic mass is 10.1. The third kappa shape index (κ3) is 3.70. The molecule has 0 radical (unpaired) electrons. The van der Waals surface area contributed by atoms with Crippen LogP contribution in [0.3, 0.4) is 0 Å². The van der Waals surface area contributed by atoms with E-state index >= 15 is 0 Å². The summed E-state index contributed by atoms with van der Waals surface area (Å²) in [4.78, 5) is 16.9. The van der Waals surface area contributed by atoms with Crippen molar-refractivity contribution in [3.8, 4) is 0 Å². The molecular weight excluding hydrogens is 206 g/mol. The van der Waals surface area contributed by atoms with Crippen LogP contribution in [0.5, 0.6) is 0 Å². The van der Waals surface area contributed by atoms with Crippen molar-refractivity contribution in [3.63, 3.8) is 0 Å². The fourth-order valence-electron chi connectivity index (χ4n) is 1.23. The van der Waals surface area contributed by atoms with Gasteiger partial charge in [0, 0.05) is 0 Å². The van der Waals surface area contributed by atoms with Gasteiger partial charge in [0.25, 0.3) is 0 Å². The minimum atomic E-state index is -0.509. The molecule has 1 aliphatic rings. The van der Waals surface area contributed by atoms with Crippen LogP contribution in [0.25, 0.3) is 0 Å². The summed E-state index contributed by atoms with van der Waals surface area (Å²) >= 11 is 0. The Hall–Kier alpha value is -1.29. The molecule has 90 valence electrons. The van der Waals surface area contributed by atoms with Gasteiger partial charge in [-0.25, -0.2) is 4.79 Å². The Bertz CT molecular complexity index is 326. The summed E-state index contributed by atoms with van der Waals surface area (Å²) < 4.78 is 5.21. The van der Waals surface area contributed by atoms with Gasteiger partial charge < -0.3 is 4.74 Å². The second-order valence-corrected chi connectivity index (χ2v) is 4.82. The molecule has 4 heteroatoms. The zero-order chi connectivity index (χ0) is 12.3. The molecular formula is C12H19NO3. The van der Waals surface area contributed by atoms with E-state index in [1.807, 2.05) is 33.8 Å². The highest BCUT2D eigenvalue weighted by Crippen LogP contribution is 2.17. The molecule has 0 aromatic carbocycles. The summed E-state index contributed by atoms with van der Waals surface area (Å²) in [6.45, 7) is 12.0. The van der Waals surface area contributed by atoms with Gasteiger partial charge in [-0.1, -0.05) is 18.2 Å². The average Bonchev–Trinajstić information content (AvgIpc) is 2.15. The minimum absolute atomic E-state index is 0.376. The number of hydroxylamine groups is 2. The normalized spacial score (nSPS) is 16.8. The zero-order valence-corrected chi connectivity index (χ0v) is 10.4. The predicted octanol–water partition coefficient (Wildman–Crippen LogP) is 2.67. The summed E-state index contributed by atoms with van der Waals surface area (Å²) in [7, 11) is 0. The van der Waals surface area contributed by atoms with Crippen molar-refractivity contribution in [2.24, 2.45) is 0 Å². The Morgan fingerprint density at radius 2 is 2.19 bits per heavy atom. The van der Waals surface area contributed by atoms with Gasteiger partial charge >= 0.3 is 6.09 Å². The van der Waals surface area contributed by atoms with Gasteiger partial charge in [-0.15, -0.1) is 0 Å². The maximum Gasteiger partial charge on any atom is 0.434 e. The molecule has 1 heterocycles. The summed E-state index contributed by atoms with van der Waals surface area (Å²) in [6.07, 6.45) is 1.46. The van der Waals surface area contributed by atoms with Gasteiger partial charge in [0.05, 0.1) is 13.2 Å². The predicted molar refractivity (Wildman–Crippen MR) is 61.8 cm³/mol. The highest BCUT2D eigenvalue weighted by molar-refractivity contribution is 5.67. The summed E-state index contributed by atoms with van der Waals surface area (Å²) in [5.74, 6) is 0. The summed E-state index contributed by atoms with van der Waals surface area (Å²) in [5.41, 5.74) is 1.44. The third-order valence-electron chi connectivity index (χ3n) is 2.02. The molecule has 16 heavy (non-hydrogen) atoms. The molecule has 1 amide bonds. The number of hydrogen-bond acceptors (Lipinski definition) is 3. The molecule has 1 aliphatic heterocycles. The lowest BCUT2D eigenvalue weighted by Gasteiger charge is -2.29. The van der Waals surface area contributed by atoms with Crippen LogP contribution in [0.2, 0.25) is 0 Å². The maximum atomic E-state index is 11.7. The first-order valence-electron chi connectivity index (χ1n) is 5.28. The number of amides is 1. The Morgan fingerprint density at radius 1 is 1.56 bits per heavy atom. The number of carbonyl (C=O) groups excluding carboxylic acids is 1. The van der Waals surface area contributed by atoms with E-state index in [2.05, 4.69) is 6.58 Å². The first-order chi connectivity index (χ1) is 7.29. The van der Waals surface area contributed by atoms with Crippen molar-refractivity contribution in [3.05, 3.63) is 23.8 Å². The molecule has 0 N–H and O–H groups in total. The second-order valence-electron chi connectivity index (χ2n) is 4.82. The number of ether oxygens (including phenoxy) is 1. The Balaban J connectivity index is 2.60. The van der Waals surface area contributed by atoms with Crippen LogP contribution >= 0.6 is 0 Å². The van der Waals surface area contributed by atoms with Crippen molar-refractivity contribution >= 4 is 6.09 Å². The van der Waals surface area contributed by atoms with Crippen molar-refractivity contribution in [1.29, 1.82) is 0 Å². The lowest BCUT2D eigenvalue weighted by molar-refractivity contribution is -0.138. The maximum absolute atomic E-state index is 11.7. The molecule has 0 fully saturated rings. The molecule has 0 saturated carbocycles. The van der Waals surface area contributed by atoms with Crippen molar-refractivity contribution < 1.29 is 14.4 Å². The molecule has 4 nitrogen and oxygen atoms in total. The highest BCUT2D eigenvalue weighted by Gasteiger charge is 2.25. The van der Waals surface area contributed by atoms with Gasteiger partial charge in [0.2, 0.25) is 0 Å². The van der Waals surface area contributed by atoms with Crippen LogP contribution in [-0.2, 0) is 9.57 Å². The van der Waals surface area contributed by atoms with Gasteiger partial charge in [0.1, 0.15) is 5.60 Å². The van der Waals surface area contributed by atoms with E-state index in [1.165, 1.54) is 5.06 Å². The molecule has 1 rings (SSSR count). The van der Waals surface area contributed by atoms with E-state index in [0.29, 0.717) is 13.2 Å². The Kier molecular flexibility index (Phi) is 3.75. The average molecular weight is 225 g/mol. The fraction of sp³-hybridized carbons (Fsp3) is 0.583. The molecule has 0 aliphatic carbocycles. The number of hydrogen-bond donors (Lipinski definition) is 0. The highest BCUT2D eigenvalue weighted by atomic mass is 16.7. The van der Waals surface area contributed by atoms with Crippen LogP contribution in [0.15, 0.2) is 23.8 Å².